The molecule has 0 spiro atoms. The zero-order chi connectivity index (χ0) is 11.7. The number of carboxylic acids is 1. The first-order valence-corrected chi connectivity index (χ1v) is 5.48. The average Bonchev–Trinajstić information content (AvgIpc) is 2.87. The number of hydrogen-bond donors (Lipinski definition) is 3. The van der Waals surface area contributed by atoms with Gasteiger partial charge in [-0.25, -0.2) is 0 Å². The first-order valence-electron chi connectivity index (χ1n) is 5.48. The molecule has 0 saturated heterocycles. The summed E-state index contributed by atoms with van der Waals surface area (Å²) in [6.07, 6.45) is 2.85. The summed E-state index contributed by atoms with van der Waals surface area (Å²) in [4.78, 5) is 11.3. The van der Waals surface area contributed by atoms with Crippen molar-refractivity contribution in [3.05, 3.63) is 0 Å². The maximum Gasteiger partial charge on any atom is 0.311 e. The molecule has 0 aromatic heterocycles. The molecule has 0 aromatic carbocycles. The normalized spacial score (nSPS) is 21.1. The Labute approximate surface area is 90.5 Å². The average molecular weight is 215 g/mol. The summed E-state index contributed by atoms with van der Waals surface area (Å²) in [5.74, 6) is -0.598. The monoisotopic (exact) mass is 215 g/mol. The molecule has 0 heterocycles. The van der Waals surface area contributed by atoms with Gasteiger partial charge in [0.15, 0.2) is 0 Å². The fourth-order valence-corrected chi connectivity index (χ4v) is 2.01. The van der Waals surface area contributed by atoms with Crippen LogP contribution in [0.25, 0.3) is 0 Å². The Morgan fingerprint density at radius 1 is 1.40 bits per heavy atom. The van der Waals surface area contributed by atoms with Crippen LogP contribution >= 0.6 is 0 Å². The second kappa shape index (κ2) is 4.10. The standard InChI is InChI=1S/C11H21NO3/c1-10(2,15)5-6-11(7-12,9(13)14)8-3-4-8/h8,15H,3-7,12H2,1-2H3,(H,13,14). The van der Waals surface area contributed by atoms with E-state index < -0.39 is 17.0 Å². The van der Waals surface area contributed by atoms with E-state index in [-0.39, 0.29) is 12.5 Å². The molecule has 88 valence electrons. The lowest BCUT2D eigenvalue weighted by molar-refractivity contribution is -0.151. The van der Waals surface area contributed by atoms with Crippen LogP contribution in [0.3, 0.4) is 0 Å². The summed E-state index contributed by atoms with van der Waals surface area (Å²) in [6, 6.07) is 0. The van der Waals surface area contributed by atoms with Gasteiger partial charge in [-0.15, -0.1) is 0 Å². The molecule has 1 rings (SSSR count). The van der Waals surface area contributed by atoms with Crippen LogP contribution in [0.5, 0.6) is 0 Å². The minimum atomic E-state index is -0.815. The largest absolute Gasteiger partial charge is 0.481 e. The third-order valence-corrected chi connectivity index (χ3v) is 3.33. The van der Waals surface area contributed by atoms with E-state index >= 15 is 0 Å². The maximum absolute atomic E-state index is 11.3. The molecule has 0 bridgehead atoms. The molecule has 1 fully saturated rings. The van der Waals surface area contributed by atoms with Crippen molar-refractivity contribution >= 4 is 5.97 Å². The van der Waals surface area contributed by atoms with Crippen molar-refractivity contribution in [3.63, 3.8) is 0 Å². The third-order valence-electron chi connectivity index (χ3n) is 3.33. The van der Waals surface area contributed by atoms with Crippen LogP contribution in [0.2, 0.25) is 0 Å². The summed E-state index contributed by atoms with van der Waals surface area (Å²) >= 11 is 0. The van der Waals surface area contributed by atoms with E-state index in [1.54, 1.807) is 13.8 Å². The van der Waals surface area contributed by atoms with Gasteiger partial charge in [-0.2, -0.15) is 0 Å². The summed E-state index contributed by atoms with van der Waals surface area (Å²) in [5, 5.41) is 18.9. The van der Waals surface area contributed by atoms with Crippen molar-refractivity contribution in [2.75, 3.05) is 6.54 Å². The minimum absolute atomic E-state index is 0.170. The van der Waals surface area contributed by atoms with Crippen molar-refractivity contribution in [2.45, 2.75) is 45.1 Å². The Balaban J connectivity index is 2.68. The molecule has 4 nitrogen and oxygen atoms in total. The van der Waals surface area contributed by atoms with Crippen LogP contribution in [0.15, 0.2) is 0 Å². The quantitative estimate of drug-likeness (QED) is 0.616. The zero-order valence-corrected chi connectivity index (χ0v) is 9.49. The van der Waals surface area contributed by atoms with Crippen molar-refractivity contribution in [3.8, 4) is 0 Å². The second-order valence-corrected chi connectivity index (χ2v) is 5.25. The molecule has 4 heteroatoms. The summed E-state index contributed by atoms with van der Waals surface area (Å²) < 4.78 is 0. The molecule has 4 N–H and O–H groups in total. The molecule has 0 aliphatic heterocycles. The minimum Gasteiger partial charge on any atom is -0.481 e. The van der Waals surface area contributed by atoms with Gasteiger partial charge in [0.05, 0.1) is 11.0 Å². The SMILES string of the molecule is CC(C)(O)CCC(CN)(C(=O)O)C1CC1. The fraction of sp³-hybridized carbons (Fsp3) is 0.909. The van der Waals surface area contributed by atoms with Gasteiger partial charge in [-0.3, -0.25) is 4.79 Å². The number of aliphatic hydroxyl groups is 1. The van der Waals surface area contributed by atoms with Crippen LogP contribution in [0.4, 0.5) is 0 Å². The number of hydrogen-bond acceptors (Lipinski definition) is 3. The van der Waals surface area contributed by atoms with Gasteiger partial charge >= 0.3 is 5.97 Å². The molecular weight excluding hydrogens is 194 g/mol. The van der Waals surface area contributed by atoms with Crippen LogP contribution < -0.4 is 5.73 Å². The van der Waals surface area contributed by atoms with E-state index in [0.717, 1.165) is 12.8 Å². The first-order chi connectivity index (χ1) is 6.82. The lowest BCUT2D eigenvalue weighted by Crippen LogP contribution is -2.42. The van der Waals surface area contributed by atoms with Gasteiger partial charge in [0.2, 0.25) is 0 Å². The smallest absolute Gasteiger partial charge is 0.311 e. The highest BCUT2D eigenvalue weighted by Gasteiger charge is 2.50. The lowest BCUT2D eigenvalue weighted by atomic mass is 9.76. The maximum atomic E-state index is 11.3. The summed E-state index contributed by atoms with van der Waals surface area (Å²) in [6.45, 7) is 3.56. The van der Waals surface area contributed by atoms with Gasteiger partial charge in [0.25, 0.3) is 0 Å². The Hall–Kier alpha value is -0.610. The van der Waals surface area contributed by atoms with Gasteiger partial charge in [0.1, 0.15) is 0 Å². The number of nitrogens with two attached hydrogens (primary N) is 1. The molecule has 0 radical (unpaired) electrons. The highest BCUT2D eigenvalue weighted by Crippen LogP contribution is 2.48. The molecule has 1 unspecified atom stereocenters. The summed E-state index contributed by atoms with van der Waals surface area (Å²) in [7, 11) is 0. The second-order valence-electron chi connectivity index (χ2n) is 5.25. The number of rotatable bonds is 6. The van der Waals surface area contributed by atoms with Gasteiger partial charge in [0, 0.05) is 6.54 Å². The Morgan fingerprint density at radius 3 is 2.20 bits per heavy atom. The Kier molecular flexibility index (Phi) is 3.41. The van der Waals surface area contributed by atoms with Crippen molar-refractivity contribution < 1.29 is 15.0 Å². The molecule has 0 aromatic rings. The van der Waals surface area contributed by atoms with Gasteiger partial charge in [-0.05, 0) is 45.4 Å². The molecule has 1 aliphatic carbocycles. The van der Waals surface area contributed by atoms with Crippen molar-refractivity contribution in [1.82, 2.24) is 0 Å². The number of carboxylic acid groups (broad SMARTS) is 1. The molecule has 0 amide bonds. The Morgan fingerprint density at radius 2 is 1.93 bits per heavy atom. The number of aliphatic carboxylic acids is 1. The van der Waals surface area contributed by atoms with E-state index in [4.69, 9.17) is 5.73 Å². The first kappa shape index (κ1) is 12.5. The van der Waals surface area contributed by atoms with Crippen LogP contribution in [-0.2, 0) is 4.79 Å². The van der Waals surface area contributed by atoms with E-state index in [1.165, 1.54) is 0 Å². The van der Waals surface area contributed by atoms with Crippen LogP contribution in [0.1, 0.15) is 39.5 Å². The van der Waals surface area contributed by atoms with E-state index in [9.17, 15) is 15.0 Å². The van der Waals surface area contributed by atoms with E-state index in [0.29, 0.717) is 12.8 Å². The third kappa shape index (κ3) is 2.92. The predicted molar refractivity (Wildman–Crippen MR) is 57.4 cm³/mol. The predicted octanol–water partition coefficient (Wildman–Crippen LogP) is 0.977. The Bertz CT molecular complexity index is 243. The van der Waals surface area contributed by atoms with E-state index in [2.05, 4.69) is 0 Å². The summed E-state index contributed by atoms with van der Waals surface area (Å²) in [5.41, 5.74) is 4.00. The fourth-order valence-electron chi connectivity index (χ4n) is 2.01. The molecular formula is C11H21NO3. The highest BCUT2D eigenvalue weighted by molar-refractivity contribution is 5.76. The van der Waals surface area contributed by atoms with Crippen LogP contribution in [0, 0.1) is 11.3 Å². The van der Waals surface area contributed by atoms with Crippen molar-refractivity contribution in [2.24, 2.45) is 17.1 Å². The molecule has 1 saturated carbocycles. The lowest BCUT2D eigenvalue weighted by Gasteiger charge is -2.30. The molecule has 1 aliphatic rings. The zero-order valence-electron chi connectivity index (χ0n) is 9.49. The highest BCUT2D eigenvalue weighted by atomic mass is 16.4. The topological polar surface area (TPSA) is 83.5 Å². The number of carbonyl (C=O) groups is 1. The van der Waals surface area contributed by atoms with Gasteiger partial charge in [-0.1, -0.05) is 0 Å². The molecule has 1 atom stereocenters. The van der Waals surface area contributed by atoms with E-state index in [1.807, 2.05) is 0 Å². The van der Waals surface area contributed by atoms with Gasteiger partial charge < -0.3 is 15.9 Å². The molecule has 15 heavy (non-hydrogen) atoms. The van der Waals surface area contributed by atoms with Crippen molar-refractivity contribution in [1.29, 1.82) is 0 Å². The van der Waals surface area contributed by atoms with Crippen LogP contribution in [-0.4, -0.2) is 28.3 Å².